The molecule has 2 heterocycles. The summed E-state index contributed by atoms with van der Waals surface area (Å²) in [7, 11) is 0. The zero-order valence-electron chi connectivity index (χ0n) is 28.6. The third kappa shape index (κ3) is 7.43. The van der Waals surface area contributed by atoms with Crippen LogP contribution in [-0.2, 0) is 24.9 Å². The molecule has 0 saturated heterocycles. The molecule has 0 amide bonds. The average molecular weight is 866 g/mol. The second kappa shape index (κ2) is 15.8. The zero-order chi connectivity index (χ0) is 33.0. The zero-order valence-corrected chi connectivity index (χ0v) is 33.1. The van der Waals surface area contributed by atoms with E-state index in [2.05, 4.69) is 97.3 Å². The van der Waals surface area contributed by atoms with Crippen molar-refractivity contribution in [3.63, 3.8) is 0 Å². The first-order chi connectivity index (χ1) is 22.1. The Kier molecular flexibility index (Phi) is 12.3. The van der Waals surface area contributed by atoms with Gasteiger partial charge in [0.05, 0.1) is 5.76 Å². The van der Waals surface area contributed by atoms with Gasteiger partial charge in [-0.15, -0.1) is 0 Å². The Balaban J connectivity index is 0.000000269. The van der Waals surface area contributed by atoms with Crippen molar-refractivity contribution in [2.75, 3.05) is 0 Å². The average Bonchev–Trinajstić information content (AvgIpc) is 3.07. The molecular weight excluding hydrogens is 819 g/mol. The first-order valence-electron chi connectivity index (χ1n) is 16.7. The first kappa shape index (κ1) is 36.6. The molecule has 0 spiro atoms. The number of carbonyl (C=O) groups is 1. The van der Waals surface area contributed by atoms with Gasteiger partial charge in [0.1, 0.15) is 0 Å². The summed E-state index contributed by atoms with van der Waals surface area (Å²) in [6.07, 6.45) is 6.82. The Morgan fingerprint density at radius 2 is 1.53 bits per heavy atom. The second-order valence-corrected chi connectivity index (χ2v) is 22.1. The maximum absolute atomic E-state index is 11.7. The van der Waals surface area contributed by atoms with Crippen molar-refractivity contribution in [1.82, 2.24) is 4.98 Å². The Morgan fingerprint density at radius 1 is 0.894 bits per heavy atom. The van der Waals surface area contributed by atoms with Gasteiger partial charge in [-0.2, -0.15) is 0 Å². The molecule has 0 fully saturated rings. The number of ketones is 1. The van der Waals surface area contributed by atoms with Crippen LogP contribution in [-0.4, -0.2) is 29.1 Å². The molecule has 0 saturated carbocycles. The van der Waals surface area contributed by atoms with Crippen LogP contribution in [0.15, 0.2) is 90.8 Å². The maximum Gasteiger partial charge on any atom is 0 e. The van der Waals surface area contributed by atoms with E-state index < -0.39 is 13.3 Å². The van der Waals surface area contributed by atoms with Crippen LogP contribution in [0, 0.1) is 24.8 Å². The van der Waals surface area contributed by atoms with E-state index in [9.17, 15) is 9.90 Å². The predicted octanol–water partition coefficient (Wildman–Crippen LogP) is 9.96. The molecule has 47 heavy (non-hydrogen) atoms. The summed E-state index contributed by atoms with van der Waals surface area (Å²) >= 11 is -2.47. The molecule has 247 valence electrons. The smallest absolute Gasteiger partial charge is 0 e. The molecule has 4 nitrogen and oxygen atoms in total. The molecule has 6 heteroatoms. The molecule has 4 aromatic carbocycles. The number of nitrogens with zero attached hydrogens (tertiary/aromatic N) is 1. The number of carbonyl (C=O) groups excluding carboxylic acids is 1. The summed E-state index contributed by atoms with van der Waals surface area (Å²) in [5.74, 6) is 7.26. The monoisotopic (exact) mass is 867 g/mol. The van der Waals surface area contributed by atoms with Gasteiger partial charge in [-0.3, -0.25) is 4.79 Å². The number of aliphatic hydroxyl groups excluding tert-OH is 1. The summed E-state index contributed by atoms with van der Waals surface area (Å²) in [6.45, 7) is 10.2. The summed E-state index contributed by atoms with van der Waals surface area (Å²) in [5, 5.41) is 14.3. The fourth-order valence-corrected chi connectivity index (χ4v) is 11.5. The molecular formula is C41H46GeIrNO3-. The number of hydrogen-bond donors (Lipinski definition) is 1. The first-order valence-corrected chi connectivity index (χ1v) is 23.0. The number of aliphatic hydroxyl groups is 1. The largest absolute Gasteiger partial charge is 0 e. The van der Waals surface area contributed by atoms with E-state index >= 15 is 0 Å². The minimum Gasteiger partial charge on any atom is 0 e. The Morgan fingerprint density at radius 3 is 2.19 bits per heavy atom. The van der Waals surface area contributed by atoms with Gasteiger partial charge < -0.3 is 5.11 Å². The van der Waals surface area contributed by atoms with E-state index in [0.717, 1.165) is 64.8 Å². The molecule has 0 unspecified atom stereocenters. The van der Waals surface area contributed by atoms with Crippen LogP contribution in [0.3, 0.4) is 0 Å². The maximum atomic E-state index is 11.7. The summed E-state index contributed by atoms with van der Waals surface area (Å²) in [4.78, 5) is 16.5. The molecule has 1 radical (unpaired) electrons. The number of aryl methyl sites for hydroxylation is 1. The number of hydrogen-bond acceptors (Lipinski definition) is 4. The molecule has 0 bridgehead atoms. The quantitative estimate of drug-likeness (QED) is 0.0681. The fraction of sp³-hybridized carbons (Fsp3) is 0.317. The van der Waals surface area contributed by atoms with Crippen LogP contribution >= 0.6 is 0 Å². The minimum atomic E-state index is -2.47. The van der Waals surface area contributed by atoms with Crippen molar-refractivity contribution >= 4 is 49.4 Å². The molecule has 5 aromatic rings. The van der Waals surface area contributed by atoms with E-state index in [1.165, 1.54) is 25.6 Å². The Bertz CT molecular complexity index is 1890. The summed E-state index contributed by atoms with van der Waals surface area (Å²) in [5.41, 5.74) is 3.08. The number of aromatic nitrogens is 1. The number of benzene rings is 4. The van der Waals surface area contributed by atoms with E-state index in [-0.39, 0.29) is 43.5 Å². The van der Waals surface area contributed by atoms with Crippen LogP contribution in [0.25, 0.3) is 32.8 Å². The van der Waals surface area contributed by atoms with E-state index in [0.29, 0.717) is 0 Å². The molecule has 0 aliphatic carbocycles. The van der Waals surface area contributed by atoms with Gasteiger partial charge in [0, 0.05) is 38.0 Å². The molecule has 1 N–H and O–H groups in total. The fourth-order valence-electron chi connectivity index (χ4n) is 6.54. The van der Waals surface area contributed by atoms with Crippen LogP contribution < -0.4 is 13.5 Å². The van der Waals surface area contributed by atoms with Gasteiger partial charge in [0.2, 0.25) is 0 Å². The summed E-state index contributed by atoms with van der Waals surface area (Å²) in [6, 6.07) is 29.6. The van der Waals surface area contributed by atoms with Gasteiger partial charge in [0.15, 0.2) is 5.78 Å². The molecule has 6 rings (SSSR count). The van der Waals surface area contributed by atoms with Crippen molar-refractivity contribution < 1.29 is 34.7 Å². The third-order valence-electron chi connectivity index (χ3n) is 9.73. The van der Waals surface area contributed by atoms with Gasteiger partial charge in [-0.1, -0.05) is 27.7 Å². The molecule has 1 aliphatic heterocycles. The number of ether oxygens (including phenoxy) is 1. The van der Waals surface area contributed by atoms with Crippen molar-refractivity contribution in [3.8, 4) is 22.8 Å². The van der Waals surface area contributed by atoms with Gasteiger partial charge >= 0.3 is 185 Å². The predicted molar refractivity (Wildman–Crippen MR) is 195 cm³/mol. The number of pyridine rings is 1. The minimum absolute atomic E-state index is 0. The molecule has 1 aromatic heterocycles. The Labute approximate surface area is 296 Å². The van der Waals surface area contributed by atoms with Crippen molar-refractivity contribution in [1.29, 1.82) is 0 Å². The van der Waals surface area contributed by atoms with E-state index in [4.69, 9.17) is 9.72 Å². The SMILES string of the molecule is CCC(CC)C(=O)/C=C(\O)C(CC)CC.Cc1c2c([c-]c3ccccc13)-c1nccc3c[c]([Ge]([CH3])([CH3])[c]4ccccc4)cc(c13)O2.[Ir]. The second-order valence-electron chi connectivity index (χ2n) is 12.8. The topological polar surface area (TPSA) is 59.4 Å². The number of allylic oxidation sites excluding steroid dienone is 2. The standard InChI is InChI=1S/C28H22GeNO.C13H24O2.Ir/c1-18-23-12-8-7-9-19(23)16-24-27-26-20(13-14-30-27)15-22(17-25(26)31-28(18)24)29(2,3)21-10-5-4-6-11-21;1-5-10(6-2)12(14)9-13(15)11(7-3)8-4;/h4-15,17H,1-3H3;9-11,14H,5-8H2,1-4H3;/q-1;;/b;12-9-;. The van der Waals surface area contributed by atoms with Crippen molar-refractivity contribution in [2.24, 2.45) is 11.8 Å². The molecule has 0 atom stereocenters. The Hall–Kier alpha value is -3.25. The van der Waals surface area contributed by atoms with Crippen LogP contribution in [0.5, 0.6) is 11.5 Å². The number of fused-ring (bicyclic) bond motifs is 3. The van der Waals surface area contributed by atoms with E-state index in [1.807, 2.05) is 33.9 Å². The van der Waals surface area contributed by atoms with Gasteiger partial charge in [-0.05, 0) is 25.7 Å². The normalized spacial score (nSPS) is 12.3. The van der Waals surface area contributed by atoms with Crippen molar-refractivity contribution in [2.45, 2.75) is 71.8 Å². The van der Waals surface area contributed by atoms with Crippen LogP contribution in [0.1, 0.15) is 58.9 Å². The summed E-state index contributed by atoms with van der Waals surface area (Å²) < 4.78 is 9.50. The van der Waals surface area contributed by atoms with Gasteiger partial charge in [-0.25, -0.2) is 0 Å². The molecule has 1 aliphatic rings. The van der Waals surface area contributed by atoms with Crippen molar-refractivity contribution in [3.05, 3.63) is 102 Å². The third-order valence-corrected chi connectivity index (χ3v) is 17.1. The van der Waals surface area contributed by atoms with Gasteiger partial charge in [0.25, 0.3) is 0 Å². The van der Waals surface area contributed by atoms with Crippen LogP contribution in [0.2, 0.25) is 11.5 Å². The number of rotatable bonds is 9. The van der Waals surface area contributed by atoms with E-state index in [1.54, 1.807) is 0 Å². The van der Waals surface area contributed by atoms with Crippen LogP contribution in [0.4, 0.5) is 0 Å².